The fraction of sp³-hybridized carbons (Fsp3) is 1.00. The van der Waals surface area contributed by atoms with Gasteiger partial charge in [-0.05, 0) is 56.1 Å². The fourth-order valence-corrected chi connectivity index (χ4v) is 3.62. The molecule has 2 aliphatic rings. The number of fused-ring (bicyclic) bond motifs is 1. The Balaban J connectivity index is 2.14. The highest BCUT2D eigenvalue weighted by molar-refractivity contribution is 4.92. The van der Waals surface area contributed by atoms with Crippen LogP contribution in [0.1, 0.15) is 33.6 Å². The Morgan fingerprint density at radius 3 is 2.75 bits per heavy atom. The summed E-state index contributed by atoms with van der Waals surface area (Å²) in [4.78, 5) is 2.57. The van der Waals surface area contributed by atoms with Gasteiger partial charge in [-0.15, -0.1) is 0 Å². The minimum Gasteiger partial charge on any atom is -0.316 e. The maximum absolute atomic E-state index is 3.56. The van der Waals surface area contributed by atoms with Crippen molar-refractivity contribution in [1.82, 2.24) is 10.2 Å². The molecule has 0 saturated carbocycles. The lowest BCUT2D eigenvalue weighted by Crippen LogP contribution is -2.40. The highest BCUT2D eigenvalue weighted by Gasteiger charge is 2.39. The van der Waals surface area contributed by atoms with Crippen molar-refractivity contribution in [2.24, 2.45) is 23.2 Å². The Morgan fingerprint density at radius 2 is 2.06 bits per heavy atom. The normalized spacial score (nSPS) is 41.8. The third kappa shape index (κ3) is 2.43. The van der Waals surface area contributed by atoms with E-state index in [0.717, 1.165) is 17.8 Å². The monoisotopic (exact) mass is 224 g/mol. The molecule has 16 heavy (non-hydrogen) atoms. The zero-order valence-corrected chi connectivity index (χ0v) is 11.4. The van der Waals surface area contributed by atoms with Gasteiger partial charge in [0.1, 0.15) is 0 Å². The van der Waals surface area contributed by atoms with Crippen LogP contribution >= 0.6 is 0 Å². The second-order valence-corrected chi connectivity index (χ2v) is 6.72. The summed E-state index contributed by atoms with van der Waals surface area (Å²) in [6, 6.07) is 0. The van der Waals surface area contributed by atoms with Gasteiger partial charge >= 0.3 is 0 Å². The van der Waals surface area contributed by atoms with Crippen molar-refractivity contribution in [3.05, 3.63) is 0 Å². The van der Waals surface area contributed by atoms with E-state index in [4.69, 9.17) is 0 Å². The minimum atomic E-state index is 0.519. The first-order valence-corrected chi connectivity index (χ1v) is 6.90. The Labute approximate surface area is 101 Å². The topological polar surface area (TPSA) is 15.3 Å². The highest BCUT2D eigenvalue weighted by atomic mass is 15.1. The smallest absolute Gasteiger partial charge is 0.00350 e. The molecule has 2 aliphatic heterocycles. The van der Waals surface area contributed by atoms with Gasteiger partial charge in [0.25, 0.3) is 0 Å². The van der Waals surface area contributed by atoms with Gasteiger partial charge in [-0.25, -0.2) is 0 Å². The second kappa shape index (κ2) is 4.66. The van der Waals surface area contributed by atoms with E-state index in [1.54, 1.807) is 0 Å². The van der Waals surface area contributed by atoms with Gasteiger partial charge in [0.15, 0.2) is 0 Å². The molecule has 0 aromatic rings. The lowest BCUT2D eigenvalue weighted by atomic mass is 9.70. The molecule has 0 radical (unpaired) electrons. The van der Waals surface area contributed by atoms with Gasteiger partial charge in [-0.3, -0.25) is 0 Å². The van der Waals surface area contributed by atoms with Crippen LogP contribution in [0.4, 0.5) is 0 Å². The van der Waals surface area contributed by atoms with Crippen LogP contribution in [-0.4, -0.2) is 38.1 Å². The van der Waals surface area contributed by atoms with Crippen LogP contribution in [0.25, 0.3) is 0 Å². The number of hydrogen-bond acceptors (Lipinski definition) is 2. The van der Waals surface area contributed by atoms with E-state index in [1.807, 2.05) is 0 Å². The molecule has 94 valence electrons. The lowest BCUT2D eigenvalue weighted by Gasteiger charge is -2.38. The summed E-state index contributed by atoms with van der Waals surface area (Å²) in [7, 11) is 2.30. The molecule has 0 aliphatic carbocycles. The van der Waals surface area contributed by atoms with Crippen LogP contribution in [0.5, 0.6) is 0 Å². The molecule has 3 atom stereocenters. The molecule has 2 nitrogen and oxygen atoms in total. The maximum Gasteiger partial charge on any atom is 0.00350 e. The maximum atomic E-state index is 3.56. The Bertz CT molecular complexity index is 239. The van der Waals surface area contributed by atoms with Crippen LogP contribution < -0.4 is 5.32 Å². The zero-order valence-electron chi connectivity index (χ0n) is 11.4. The Kier molecular flexibility index (Phi) is 3.60. The summed E-state index contributed by atoms with van der Waals surface area (Å²) in [5, 5.41) is 3.56. The number of rotatable bonds is 1. The van der Waals surface area contributed by atoms with E-state index >= 15 is 0 Å². The zero-order chi connectivity index (χ0) is 11.8. The average molecular weight is 224 g/mol. The van der Waals surface area contributed by atoms with Crippen molar-refractivity contribution in [3.63, 3.8) is 0 Å². The van der Waals surface area contributed by atoms with E-state index in [9.17, 15) is 0 Å². The molecule has 0 spiro atoms. The molecular weight excluding hydrogens is 196 g/mol. The van der Waals surface area contributed by atoms with Crippen LogP contribution in [0, 0.1) is 23.2 Å². The van der Waals surface area contributed by atoms with Crippen LogP contribution in [0.3, 0.4) is 0 Å². The molecule has 3 unspecified atom stereocenters. The van der Waals surface area contributed by atoms with Crippen LogP contribution in [0.15, 0.2) is 0 Å². The van der Waals surface area contributed by atoms with Crippen LogP contribution in [-0.2, 0) is 0 Å². The predicted octanol–water partition coefficient (Wildman–Crippen LogP) is 2.21. The van der Waals surface area contributed by atoms with E-state index in [-0.39, 0.29) is 0 Å². The van der Waals surface area contributed by atoms with Gasteiger partial charge in [-0.1, -0.05) is 20.8 Å². The van der Waals surface area contributed by atoms with Gasteiger partial charge in [0.05, 0.1) is 0 Å². The molecule has 2 heterocycles. The number of piperidine rings is 1. The van der Waals surface area contributed by atoms with E-state index in [0.29, 0.717) is 5.41 Å². The third-order valence-electron chi connectivity index (χ3n) is 5.06. The Morgan fingerprint density at radius 1 is 1.31 bits per heavy atom. The summed E-state index contributed by atoms with van der Waals surface area (Å²) in [5.74, 6) is 2.64. The van der Waals surface area contributed by atoms with Crippen LogP contribution in [0.2, 0.25) is 0 Å². The number of nitrogens with one attached hydrogen (secondary N) is 1. The first-order valence-electron chi connectivity index (χ1n) is 6.90. The van der Waals surface area contributed by atoms with Crippen molar-refractivity contribution in [1.29, 1.82) is 0 Å². The third-order valence-corrected chi connectivity index (χ3v) is 5.06. The van der Waals surface area contributed by atoms with Gasteiger partial charge in [0, 0.05) is 13.1 Å². The molecular formula is C14H28N2. The predicted molar refractivity (Wildman–Crippen MR) is 69.5 cm³/mol. The lowest BCUT2D eigenvalue weighted by molar-refractivity contribution is 0.128. The molecule has 0 aromatic carbocycles. The van der Waals surface area contributed by atoms with Crippen molar-refractivity contribution in [2.45, 2.75) is 33.6 Å². The molecule has 2 rings (SSSR count). The SMILES string of the molecule is CC(C)C1(C)CC2CCNCC2CN(C)C1. The molecule has 0 bridgehead atoms. The largest absolute Gasteiger partial charge is 0.316 e. The quantitative estimate of drug-likeness (QED) is 0.734. The summed E-state index contributed by atoms with van der Waals surface area (Å²) >= 11 is 0. The number of nitrogens with zero attached hydrogens (tertiary/aromatic N) is 1. The summed E-state index contributed by atoms with van der Waals surface area (Å²) in [6.07, 6.45) is 2.82. The first kappa shape index (κ1) is 12.4. The fourth-order valence-electron chi connectivity index (χ4n) is 3.62. The molecule has 2 heteroatoms. The molecule has 2 saturated heterocycles. The summed E-state index contributed by atoms with van der Waals surface area (Å²) < 4.78 is 0. The summed E-state index contributed by atoms with van der Waals surface area (Å²) in [5.41, 5.74) is 0.519. The molecule has 0 aromatic heterocycles. The molecule has 0 amide bonds. The van der Waals surface area contributed by atoms with Crippen molar-refractivity contribution >= 4 is 0 Å². The number of hydrogen-bond donors (Lipinski definition) is 1. The summed E-state index contributed by atoms with van der Waals surface area (Å²) in [6.45, 7) is 12.3. The average Bonchev–Trinajstić information content (AvgIpc) is 2.32. The van der Waals surface area contributed by atoms with Gasteiger partial charge < -0.3 is 10.2 Å². The van der Waals surface area contributed by atoms with Gasteiger partial charge in [0.2, 0.25) is 0 Å². The van der Waals surface area contributed by atoms with Crippen molar-refractivity contribution < 1.29 is 0 Å². The first-order chi connectivity index (χ1) is 7.51. The molecule has 2 fully saturated rings. The number of likely N-dealkylation sites (tertiary alicyclic amines) is 1. The van der Waals surface area contributed by atoms with E-state index < -0.39 is 0 Å². The van der Waals surface area contributed by atoms with Crippen molar-refractivity contribution in [3.8, 4) is 0 Å². The van der Waals surface area contributed by atoms with Crippen molar-refractivity contribution in [2.75, 3.05) is 33.2 Å². The minimum absolute atomic E-state index is 0.519. The molecule has 1 N–H and O–H groups in total. The standard InChI is InChI=1S/C14H28N2/c1-11(2)14(3)7-12-5-6-15-8-13(12)9-16(4)10-14/h11-13,15H,5-10H2,1-4H3. The highest BCUT2D eigenvalue weighted by Crippen LogP contribution is 2.41. The Hall–Kier alpha value is -0.0800. The van der Waals surface area contributed by atoms with Gasteiger partial charge in [-0.2, -0.15) is 0 Å². The van der Waals surface area contributed by atoms with E-state index in [2.05, 4.69) is 38.0 Å². The van der Waals surface area contributed by atoms with E-state index in [1.165, 1.54) is 39.0 Å². The second-order valence-electron chi connectivity index (χ2n) is 6.72.